The van der Waals surface area contributed by atoms with Crippen molar-refractivity contribution in [2.45, 2.75) is 6.42 Å². The molecule has 0 aromatic heterocycles. The van der Waals surface area contributed by atoms with Gasteiger partial charge in [-0.1, -0.05) is 23.2 Å². The number of hydrogen-bond acceptors (Lipinski definition) is 5. The Bertz CT molecular complexity index is 917. The molecule has 4 rings (SSSR count). The monoisotopic (exact) mass is 407 g/mol. The lowest BCUT2D eigenvalue weighted by atomic mass is 10.1. The quantitative estimate of drug-likeness (QED) is 0.572. The molecule has 0 spiro atoms. The third-order valence-corrected chi connectivity index (χ3v) is 4.95. The SMILES string of the molecule is O=C(Oc1cc(Cl)ccc1Cl)[C@H]1CC(=O)N(c2ccc3c(c2)OCCO3)C1. The van der Waals surface area contributed by atoms with Gasteiger partial charge in [0.05, 0.1) is 10.9 Å². The number of ether oxygens (including phenoxy) is 3. The zero-order chi connectivity index (χ0) is 19.0. The summed E-state index contributed by atoms with van der Waals surface area (Å²) in [5.74, 6) is 0.130. The van der Waals surface area contributed by atoms with Crippen molar-refractivity contribution in [2.75, 3.05) is 24.7 Å². The van der Waals surface area contributed by atoms with Crippen molar-refractivity contribution in [1.82, 2.24) is 0 Å². The van der Waals surface area contributed by atoms with E-state index in [1.165, 1.54) is 6.07 Å². The number of carbonyl (C=O) groups excluding carboxylic acids is 2. The molecule has 1 amide bonds. The molecule has 1 fully saturated rings. The molecule has 0 unspecified atom stereocenters. The van der Waals surface area contributed by atoms with Gasteiger partial charge in [-0.05, 0) is 24.3 Å². The summed E-state index contributed by atoms with van der Waals surface area (Å²) in [6.45, 7) is 1.17. The van der Waals surface area contributed by atoms with E-state index in [0.29, 0.717) is 35.4 Å². The minimum Gasteiger partial charge on any atom is -0.486 e. The fraction of sp³-hybridized carbons (Fsp3) is 0.263. The minimum absolute atomic E-state index is 0.0610. The molecule has 2 heterocycles. The van der Waals surface area contributed by atoms with Crippen LogP contribution in [0.2, 0.25) is 10.0 Å². The largest absolute Gasteiger partial charge is 0.486 e. The van der Waals surface area contributed by atoms with Gasteiger partial charge in [0, 0.05) is 35.8 Å². The van der Waals surface area contributed by atoms with Gasteiger partial charge >= 0.3 is 5.97 Å². The Balaban J connectivity index is 1.49. The summed E-state index contributed by atoms with van der Waals surface area (Å²) in [7, 11) is 0. The van der Waals surface area contributed by atoms with E-state index in [0.717, 1.165) is 0 Å². The molecule has 2 aromatic rings. The van der Waals surface area contributed by atoms with Crippen LogP contribution in [-0.4, -0.2) is 31.6 Å². The lowest BCUT2D eigenvalue weighted by Crippen LogP contribution is -2.27. The molecule has 27 heavy (non-hydrogen) atoms. The molecule has 1 atom stereocenters. The molecular formula is C19H15Cl2NO5. The van der Waals surface area contributed by atoms with Gasteiger partial charge in [0.25, 0.3) is 0 Å². The van der Waals surface area contributed by atoms with Gasteiger partial charge in [-0.25, -0.2) is 0 Å². The van der Waals surface area contributed by atoms with Gasteiger partial charge in [0.2, 0.25) is 5.91 Å². The van der Waals surface area contributed by atoms with Crippen molar-refractivity contribution in [2.24, 2.45) is 5.92 Å². The molecule has 2 aliphatic rings. The highest BCUT2D eigenvalue weighted by atomic mass is 35.5. The predicted octanol–water partition coefficient (Wildman–Crippen LogP) is 3.72. The van der Waals surface area contributed by atoms with Crippen molar-refractivity contribution in [3.05, 3.63) is 46.4 Å². The van der Waals surface area contributed by atoms with Gasteiger partial charge in [-0.2, -0.15) is 0 Å². The third-order valence-electron chi connectivity index (χ3n) is 4.40. The van der Waals surface area contributed by atoms with Crippen molar-refractivity contribution < 1.29 is 23.8 Å². The second kappa shape index (κ2) is 7.29. The maximum Gasteiger partial charge on any atom is 0.316 e. The number of fused-ring (bicyclic) bond motifs is 1. The molecule has 2 aliphatic heterocycles. The summed E-state index contributed by atoms with van der Waals surface area (Å²) in [5.41, 5.74) is 0.653. The fourth-order valence-corrected chi connectivity index (χ4v) is 3.38. The Labute approximate surface area is 165 Å². The lowest BCUT2D eigenvalue weighted by Gasteiger charge is -2.22. The summed E-state index contributed by atoms with van der Waals surface area (Å²) in [5, 5.41) is 0.684. The summed E-state index contributed by atoms with van der Waals surface area (Å²) >= 11 is 11.9. The molecule has 0 N–H and O–H groups in total. The lowest BCUT2D eigenvalue weighted by molar-refractivity contribution is -0.139. The number of esters is 1. The molecule has 140 valence electrons. The maximum absolute atomic E-state index is 12.5. The first kappa shape index (κ1) is 17.9. The summed E-state index contributed by atoms with van der Waals surface area (Å²) in [6, 6.07) is 9.89. The second-order valence-electron chi connectivity index (χ2n) is 6.23. The number of nitrogens with zero attached hydrogens (tertiary/aromatic N) is 1. The van der Waals surface area contributed by atoms with Gasteiger partial charge in [0.15, 0.2) is 17.2 Å². The molecule has 6 nitrogen and oxygen atoms in total. The van der Waals surface area contributed by atoms with Crippen LogP contribution in [0, 0.1) is 5.92 Å². The molecule has 8 heteroatoms. The minimum atomic E-state index is -0.597. The Morgan fingerprint density at radius 1 is 1.07 bits per heavy atom. The van der Waals surface area contributed by atoms with E-state index in [2.05, 4.69) is 0 Å². The van der Waals surface area contributed by atoms with Crippen LogP contribution in [0.25, 0.3) is 0 Å². The van der Waals surface area contributed by atoms with E-state index in [9.17, 15) is 9.59 Å². The summed E-state index contributed by atoms with van der Waals surface area (Å²) in [4.78, 5) is 26.5. The fourth-order valence-electron chi connectivity index (χ4n) is 3.06. The van der Waals surface area contributed by atoms with Gasteiger partial charge in [-0.3, -0.25) is 9.59 Å². The zero-order valence-corrected chi connectivity index (χ0v) is 15.6. The topological polar surface area (TPSA) is 65.1 Å². The first-order valence-corrected chi connectivity index (χ1v) is 9.13. The Morgan fingerprint density at radius 3 is 2.67 bits per heavy atom. The van der Waals surface area contributed by atoms with Gasteiger partial charge in [-0.15, -0.1) is 0 Å². The summed E-state index contributed by atoms with van der Waals surface area (Å²) < 4.78 is 16.4. The van der Waals surface area contributed by atoms with Crippen LogP contribution in [0.5, 0.6) is 17.2 Å². The maximum atomic E-state index is 12.5. The van der Waals surface area contributed by atoms with Crippen LogP contribution in [0.1, 0.15) is 6.42 Å². The van der Waals surface area contributed by atoms with Crippen LogP contribution < -0.4 is 19.1 Å². The molecule has 0 radical (unpaired) electrons. The van der Waals surface area contributed by atoms with Crippen LogP contribution >= 0.6 is 23.2 Å². The standard InChI is InChI=1S/C19H15Cl2NO5/c20-12-1-3-14(21)16(8-12)27-19(24)11-7-18(23)22(10-11)13-2-4-15-17(9-13)26-6-5-25-15/h1-4,8-9,11H,5-7,10H2/t11-/m0/s1. The van der Waals surface area contributed by atoms with Crippen molar-refractivity contribution in [1.29, 1.82) is 0 Å². The molecule has 2 aromatic carbocycles. The Morgan fingerprint density at radius 2 is 1.85 bits per heavy atom. The number of benzene rings is 2. The van der Waals surface area contributed by atoms with E-state index in [1.54, 1.807) is 35.2 Å². The number of carbonyl (C=O) groups is 2. The number of hydrogen-bond donors (Lipinski definition) is 0. The van der Waals surface area contributed by atoms with Crippen LogP contribution in [-0.2, 0) is 9.59 Å². The van der Waals surface area contributed by atoms with Crippen molar-refractivity contribution >= 4 is 40.8 Å². The molecular weight excluding hydrogens is 393 g/mol. The number of halogens is 2. The average molecular weight is 408 g/mol. The van der Waals surface area contributed by atoms with E-state index in [4.69, 9.17) is 37.4 Å². The van der Waals surface area contributed by atoms with Crippen LogP contribution in [0.15, 0.2) is 36.4 Å². The highest BCUT2D eigenvalue weighted by molar-refractivity contribution is 6.34. The first-order chi connectivity index (χ1) is 13.0. The average Bonchev–Trinajstić information content (AvgIpc) is 3.06. The molecule has 1 saturated heterocycles. The first-order valence-electron chi connectivity index (χ1n) is 8.38. The molecule has 0 saturated carbocycles. The van der Waals surface area contributed by atoms with E-state index in [-0.39, 0.29) is 29.6 Å². The van der Waals surface area contributed by atoms with E-state index in [1.807, 2.05) is 0 Å². The van der Waals surface area contributed by atoms with Gasteiger partial charge < -0.3 is 19.1 Å². The number of anilines is 1. The van der Waals surface area contributed by atoms with Crippen molar-refractivity contribution in [3.63, 3.8) is 0 Å². The van der Waals surface area contributed by atoms with E-state index < -0.39 is 11.9 Å². The second-order valence-corrected chi connectivity index (χ2v) is 7.07. The van der Waals surface area contributed by atoms with E-state index >= 15 is 0 Å². The molecule has 0 bridgehead atoms. The Hall–Kier alpha value is -2.44. The van der Waals surface area contributed by atoms with Gasteiger partial charge in [0.1, 0.15) is 13.2 Å². The number of rotatable bonds is 3. The Kier molecular flexibility index (Phi) is 4.85. The zero-order valence-electron chi connectivity index (χ0n) is 14.1. The smallest absolute Gasteiger partial charge is 0.316 e. The third kappa shape index (κ3) is 3.68. The predicted molar refractivity (Wildman–Crippen MR) is 100.0 cm³/mol. The molecule has 0 aliphatic carbocycles. The highest BCUT2D eigenvalue weighted by Crippen LogP contribution is 2.36. The van der Waals surface area contributed by atoms with Crippen LogP contribution in [0.3, 0.4) is 0 Å². The van der Waals surface area contributed by atoms with Crippen LogP contribution in [0.4, 0.5) is 5.69 Å². The summed E-state index contributed by atoms with van der Waals surface area (Å²) in [6.07, 6.45) is 0.0610. The normalized spacial score (nSPS) is 18.5. The number of amides is 1. The highest BCUT2D eigenvalue weighted by Gasteiger charge is 2.37. The van der Waals surface area contributed by atoms with Crippen molar-refractivity contribution in [3.8, 4) is 17.2 Å².